The van der Waals surface area contributed by atoms with Gasteiger partial charge in [-0.1, -0.05) is 30.3 Å². The molecule has 1 rings (SSSR count). The summed E-state index contributed by atoms with van der Waals surface area (Å²) in [7, 11) is 0. The number of aliphatic hydroxyl groups excluding tert-OH is 1. The minimum atomic E-state index is -0.644. The fraction of sp³-hybridized carbons (Fsp3) is 0.533. The molecule has 0 aliphatic rings. The third-order valence-corrected chi connectivity index (χ3v) is 2.61. The first-order valence-electron chi connectivity index (χ1n) is 6.49. The smallest absolute Gasteiger partial charge is 0.407 e. The number of nitrogens with one attached hydrogen (secondary N) is 1. The van der Waals surface area contributed by atoms with E-state index in [9.17, 15) is 9.90 Å². The van der Waals surface area contributed by atoms with E-state index in [-0.39, 0.29) is 6.04 Å². The van der Waals surface area contributed by atoms with Gasteiger partial charge in [-0.2, -0.15) is 0 Å². The molecule has 4 heteroatoms. The third kappa shape index (κ3) is 6.25. The van der Waals surface area contributed by atoms with E-state index in [2.05, 4.69) is 5.32 Å². The molecule has 0 spiro atoms. The van der Waals surface area contributed by atoms with Gasteiger partial charge in [-0.05, 0) is 33.3 Å². The van der Waals surface area contributed by atoms with Crippen molar-refractivity contribution < 1.29 is 14.6 Å². The zero-order valence-corrected chi connectivity index (χ0v) is 12.0. The number of carbonyl (C=O) groups excluding carboxylic acids is 1. The van der Waals surface area contributed by atoms with Crippen molar-refractivity contribution in [3.63, 3.8) is 0 Å². The lowest BCUT2D eigenvalue weighted by molar-refractivity contribution is 0.0436. The zero-order chi connectivity index (χ0) is 14.5. The average Bonchev–Trinajstić information content (AvgIpc) is 2.27. The summed E-state index contributed by atoms with van der Waals surface area (Å²) in [5.41, 5.74) is 0.501. The maximum Gasteiger partial charge on any atom is 0.407 e. The van der Waals surface area contributed by atoms with Crippen molar-refractivity contribution in [2.24, 2.45) is 0 Å². The van der Waals surface area contributed by atoms with Crippen molar-refractivity contribution >= 4 is 6.09 Å². The van der Waals surface area contributed by atoms with Gasteiger partial charge in [0.05, 0.1) is 12.1 Å². The molecule has 0 heterocycles. The topological polar surface area (TPSA) is 58.6 Å². The van der Waals surface area contributed by atoms with Crippen molar-refractivity contribution in [2.45, 2.75) is 51.9 Å². The second kappa shape index (κ2) is 6.57. The SMILES string of the molecule is C[C@@H](NC(=O)OC(C)(C)C)[C@H](O)Cc1ccccc1. The average molecular weight is 265 g/mol. The Balaban J connectivity index is 2.45. The van der Waals surface area contributed by atoms with Crippen molar-refractivity contribution in [1.29, 1.82) is 0 Å². The van der Waals surface area contributed by atoms with Gasteiger partial charge in [-0.25, -0.2) is 4.79 Å². The van der Waals surface area contributed by atoms with Gasteiger partial charge in [-0.3, -0.25) is 0 Å². The minimum Gasteiger partial charge on any atom is -0.444 e. The van der Waals surface area contributed by atoms with Crippen LogP contribution in [-0.2, 0) is 11.2 Å². The van der Waals surface area contributed by atoms with Gasteiger partial charge in [-0.15, -0.1) is 0 Å². The van der Waals surface area contributed by atoms with Crippen LogP contribution >= 0.6 is 0 Å². The summed E-state index contributed by atoms with van der Waals surface area (Å²) in [6, 6.07) is 9.31. The van der Waals surface area contributed by atoms with Gasteiger partial charge in [0, 0.05) is 6.42 Å². The molecule has 0 fully saturated rings. The van der Waals surface area contributed by atoms with Crippen LogP contribution < -0.4 is 5.32 Å². The summed E-state index contributed by atoms with van der Waals surface area (Å²) in [5.74, 6) is 0. The maximum absolute atomic E-state index is 11.6. The van der Waals surface area contributed by atoms with E-state index in [1.54, 1.807) is 27.7 Å². The molecule has 0 bridgehead atoms. The number of hydrogen-bond acceptors (Lipinski definition) is 3. The molecule has 0 aliphatic heterocycles. The lowest BCUT2D eigenvalue weighted by atomic mass is 10.0. The van der Waals surface area contributed by atoms with E-state index >= 15 is 0 Å². The van der Waals surface area contributed by atoms with Crippen molar-refractivity contribution in [2.75, 3.05) is 0 Å². The Labute approximate surface area is 114 Å². The first kappa shape index (κ1) is 15.5. The van der Waals surface area contributed by atoms with E-state index < -0.39 is 17.8 Å². The Kier molecular flexibility index (Phi) is 5.36. The molecule has 106 valence electrons. The van der Waals surface area contributed by atoms with Crippen LogP contribution in [0.1, 0.15) is 33.3 Å². The van der Waals surface area contributed by atoms with E-state index in [1.807, 2.05) is 30.3 Å². The molecule has 0 aliphatic carbocycles. The van der Waals surface area contributed by atoms with Crippen LogP contribution in [0.4, 0.5) is 4.79 Å². The predicted molar refractivity (Wildman–Crippen MR) is 75.0 cm³/mol. The fourth-order valence-electron chi connectivity index (χ4n) is 1.62. The number of hydrogen-bond donors (Lipinski definition) is 2. The normalized spacial score (nSPS) is 14.6. The molecule has 0 saturated heterocycles. The number of alkyl carbamates (subject to hydrolysis) is 1. The molecule has 1 amide bonds. The van der Waals surface area contributed by atoms with Crippen molar-refractivity contribution in [3.8, 4) is 0 Å². The highest BCUT2D eigenvalue weighted by molar-refractivity contribution is 5.68. The second-order valence-electron chi connectivity index (χ2n) is 5.69. The molecular weight excluding hydrogens is 242 g/mol. The highest BCUT2D eigenvalue weighted by Gasteiger charge is 2.21. The van der Waals surface area contributed by atoms with Crippen molar-refractivity contribution in [1.82, 2.24) is 5.32 Å². The van der Waals surface area contributed by atoms with Crippen LogP contribution in [-0.4, -0.2) is 28.9 Å². The third-order valence-electron chi connectivity index (χ3n) is 2.61. The first-order valence-corrected chi connectivity index (χ1v) is 6.49. The largest absolute Gasteiger partial charge is 0.444 e. The quantitative estimate of drug-likeness (QED) is 0.879. The summed E-state index contributed by atoms with van der Waals surface area (Å²) in [4.78, 5) is 11.6. The number of aliphatic hydroxyl groups is 1. The van der Waals surface area contributed by atoms with E-state index in [0.717, 1.165) is 5.56 Å². The van der Waals surface area contributed by atoms with E-state index in [1.165, 1.54) is 0 Å². The summed E-state index contributed by atoms with van der Waals surface area (Å²) in [6.07, 6.45) is -0.653. The monoisotopic (exact) mass is 265 g/mol. The highest BCUT2D eigenvalue weighted by Crippen LogP contribution is 2.09. The molecule has 2 atom stereocenters. The molecule has 1 aromatic rings. The lowest BCUT2D eigenvalue weighted by Gasteiger charge is -2.24. The minimum absolute atomic E-state index is 0.366. The second-order valence-corrected chi connectivity index (χ2v) is 5.69. The van der Waals surface area contributed by atoms with Gasteiger partial charge >= 0.3 is 6.09 Å². The molecule has 0 radical (unpaired) electrons. The Morgan fingerprint density at radius 2 is 1.89 bits per heavy atom. The number of rotatable bonds is 4. The fourth-order valence-corrected chi connectivity index (χ4v) is 1.62. The lowest BCUT2D eigenvalue weighted by Crippen LogP contribution is -2.44. The highest BCUT2D eigenvalue weighted by atomic mass is 16.6. The number of carbonyl (C=O) groups is 1. The van der Waals surface area contributed by atoms with Crippen LogP contribution in [0.25, 0.3) is 0 Å². The van der Waals surface area contributed by atoms with Gasteiger partial charge in [0.2, 0.25) is 0 Å². The van der Waals surface area contributed by atoms with Gasteiger partial charge in [0.1, 0.15) is 5.60 Å². The summed E-state index contributed by atoms with van der Waals surface area (Å²) >= 11 is 0. The predicted octanol–water partition coefficient (Wildman–Crippen LogP) is 2.50. The Morgan fingerprint density at radius 1 is 1.32 bits per heavy atom. The van der Waals surface area contributed by atoms with Crippen LogP contribution in [0.3, 0.4) is 0 Å². The molecule has 2 N–H and O–H groups in total. The zero-order valence-electron chi connectivity index (χ0n) is 12.0. The Bertz CT molecular complexity index is 398. The van der Waals surface area contributed by atoms with E-state index in [4.69, 9.17) is 4.74 Å². The van der Waals surface area contributed by atoms with Gasteiger partial charge < -0.3 is 15.2 Å². The Morgan fingerprint density at radius 3 is 2.42 bits per heavy atom. The molecule has 0 aromatic heterocycles. The summed E-state index contributed by atoms with van der Waals surface area (Å²) < 4.78 is 5.15. The van der Waals surface area contributed by atoms with Crippen LogP contribution in [0.5, 0.6) is 0 Å². The van der Waals surface area contributed by atoms with Crippen molar-refractivity contribution in [3.05, 3.63) is 35.9 Å². The maximum atomic E-state index is 11.6. The van der Waals surface area contributed by atoms with Crippen LogP contribution in [0.2, 0.25) is 0 Å². The number of amides is 1. The number of benzene rings is 1. The van der Waals surface area contributed by atoms with E-state index in [0.29, 0.717) is 6.42 Å². The molecule has 4 nitrogen and oxygen atoms in total. The molecule has 0 unspecified atom stereocenters. The summed E-state index contributed by atoms with van der Waals surface area (Å²) in [5, 5.41) is 12.7. The van der Waals surface area contributed by atoms with Crippen LogP contribution in [0.15, 0.2) is 30.3 Å². The summed E-state index contributed by atoms with van der Waals surface area (Å²) in [6.45, 7) is 7.17. The molecule has 1 aromatic carbocycles. The standard InChI is InChI=1S/C15H23NO3/c1-11(16-14(18)19-15(2,3)4)13(17)10-12-8-6-5-7-9-12/h5-9,11,13,17H,10H2,1-4H3,(H,16,18)/t11-,13-/m1/s1. The van der Waals surface area contributed by atoms with Gasteiger partial charge in [0.25, 0.3) is 0 Å². The Hall–Kier alpha value is -1.55. The first-order chi connectivity index (χ1) is 8.78. The molecular formula is C15H23NO3. The van der Waals surface area contributed by atoms with Gasteiger partial charge in [0.15, 0.2) is 0 Å². The molecule has 19 heavy (non-hydrogen) atoms. The molecule has 0 saturated carbocycles. The number of ether oxygens (including phenoxy) is 1. The van der Waals surface area contributed by atoms with Crippen LogP contribution in [0, 0.1) is 0 Å².